The second kappa shape index (κ2) is 6.70. The maximum absolute atomic E-state index is 11.4. The number of nitrogens with one attached hydrogen (secondary N) is 1. The summed E-state index contributed by atoms with van der Waals surface area (Å²) in [5.41, 5.74) is 7.99. The van der Waals surface area contributed by atoms with Crippen LogP contribution in [-0.2, 0) is 6.54 Å². The lowest BCUT2D eigenvalue weighted by Crippen LogP contribution is -2.36. The second-order valence-electron chi connectivity index (χ2n) is 5.95. The molecule has 0 bridgehead atoms. The Kier molecular flexibility index (Phi) is 4.92. The van der Waals surface area contributed by atoms with Crippen LogP contribution in [0.2, 0.25) is 0 Å². The molecular formula is C16H23N5O. The molecular weight excluding hydrogens is 278 g/mol. The predicted molar refractivity (Wildman–Crippen MR) is 86.2 cm³/mol. The number of rotatable bonds is 6. The molecule has 0 aliphatic rings. The Morgan fingerprint density at radius 3 is 2.50 bits per heavy atom. The first-order valence-electron chi connectivity index (χ1n) is 7.45. The van der Waals surface area contributed by atoms with Gasteiger partial charge >= 0.3 is 0 Å². The van der Waals surface area contributed by atoms with Gasteiger partial charge in [-0.15, -0.1) is 0 Å². The van der Waals surface area contributed by atoms with Crippen LogP contribution < -0.4 is 5.73 Å². The molecule has 1 amide bonds. The van der Waals surface area contributed by atoms with E-state index in [0.717, 1.165) is 12.1 Å². The fourth-order valence-electron chi connectivity index (χ4n) is 2.59. The molecule has 2 rings (SSSR count). The SMILES string of the molecule is CC(C)N(Cc1cccc(-c2n[nH]nc2C(N)=O)c1)C(C)C. The molecule has 22 heavy (non-hydrogen) atoms. The van der Waals surface area contributed by atoms with Crippen LogP contribution >= 0.6 is 0 Å². The highest BCUT2D eigenvalue weighted by atomic mass is 16.1. The van der Waals surface area contributed by atoms with Gasteiger partial charge in [0.05, 0.1) is 0 Å². The molecule has 2 aromatic rings. The fourth-order valence-corrected chi connectivity index (χ4v) is 2.59. The number of carbonyl (C=O) groups is 1. The summed E-state index contributed by atoms with van der Waals surface area (Å²) >= 11 is 0. The largest absolute Gasteiger partial charge is 0.364 e. The van der Waals surface area contributed by atoms with E-state index in [4.69, 9.17) is 5.73 Å². The van der Waals surface area contributed by atoms with Crippen molar-refractivity contribution in [2.75, 3.05) is 0 Å². The molecule has 0 unspecified atom stereocenters. The van der Waals surface area contributed by atoms with Crippen LogP contribution in [0, 0.1) is 0 Å². The Labute approximate surface area is 130 Å². The summed E-state index contributed by atoms with van der Waals surface area (Å²) in [5.74, 6) is -0.583. The zero-order valence-corrected chi connectivity index (χ0v) is 13.5. The Morgan fingerprint density at radius 1 is 1.23 bits per heavy atom. The lowest BCUT2D eigenvalue weighted by molar-refractivity contribution is 0.0996. The van der Waals surface area contributed by atoms with E-state index in [1.54, 1.807) is 0 Å². The molecule has 0 spiro atoms. The number of aromatic nitrogens is 3. The molecule has 0 atom stereocenters. The maximum atomic E-state index is 11.4. The summed E-state index contributed by atoms with van der Waals surface area (Å²) in [7, 11) is 0. The third-order valence-electron chi connectivity index (χ3n) is 3.67. The van der Waals surface area contributed by atoms with E-state index in [2.05, 4.69) is 54.1 Å². The Hall–Kier alpha value is -2.21. The number of primary amides is 1. The molecule has 1 aromatic heterocycles. The number of nitrogens with zero attached hydrogens (tertiary/aromatic N) is 3. The lowest BCUT2D eigenvalue weighted by Gasteiger charge is -2.30. The summed E-state index contributed by atoms with van der Waals surface area (Å²) in [4.78, 5) is 13.8. The summed E-state index contributed by atoms with van der Waals surface area (Å²) in [6.07, 6.45) is 0. The average Bonchev–Trinajstić information content (AvgIpc) is 2.94. The van der Waals surface area contributed by atoms with Crippen LogP contribution in [0.3, 0.4) is 0 Å². The van der Waals surface area contributed by atoms with Crippen LogP contribution in [0.5, 0.6) is 0 Å². The van der Waals surface area contributed by atoms with Crippen molar-refractivity contribution in [1.29, 1.82) is 0 Å². The van der Waals surface area contributed by atoms with Crippen molar-refractivity contribution >= 4 is 5.91 Å². The highest BCUT2D eigenvalue weighted by Gasteiger charge is 2.17. The van der Waals surface area contributed by atoms with Gasteiger partial charge in [0.2, 0.25) is 0 Å². The number of hydrogen-bond donors (Lipinski definition) is 2. The van der Waals surface area contributed by atoms with Crippen LogP contribution in [0.1, 0.15) is 43.7 Å². The number of benzene rings is 1. The van der Waals surface area contributed by atoms with Crippen molar-refractivity contribution in [3.05, 3.63) is 35.5 Å². The molecule has 0 saturated heterocycles. The molecule has 0 fully saturated rings. The van der Waals surface area contributed by atoms with Gasteiger partial charge in [-0.1, -0.05) is 18.2 Å². The highest BCUT2D eigenvalue weighted by molar-refractivity contribution is 5.96. The molecule has 118 valence electrons. The topological polar surface area (TPSA) is 87.9 Å². The number of H-pyrrole nitrogens is 1. The minimum absolute atomic E-state index is 0.168. The standard InChI is InChI=1S/C16H23N5O/c1-10(2)21(11(3)4)9-12-6-5-7-13(8-12)14-15(16(17)22)19-20-18-14/h5-8,10-11H,9H2,1-4H3,(H2,17,22)(H,18,19,20). The van der Waals surface area contributed by atoms with Crippen molar-refractivity contribution in [2.45, 2.75) is 46.3 Å². The van der Waals surface area contributed by atoms with E-state index >= 15 is 0 Å². The zero-order valence-electron chi connectivity index (χ0n) is 13.5. The van der Waals surface area contributed by atoms with Crippen molar-refractivity contribution in [3.63, 3.8) is 0 Å². The minimum Gasteiger partial charge on any atom is -0.364 e. The summed E-state index contributed by atoms with van der Waals surface area (Å²) in [5, 5.41) is 10.3. The summed E-state index contributed by atoms with van der Waals surface area (Å²) < 4.78 is 0. The Morgan fingerprint density at radius 2 is 1.91 bits per heavy atom. The smallest absolute Gasteiger partial charge is 0.271 e. The average molecular weight is 301 g/mol. The van der Waals surface area contributed by atoms with Crippen LogP contribution in [0.15, 0.2) is 24.3 Å². The number of aromatic amines is 1. The highest BCUT2D eigenvalue weighted by Crippen LogP contribution is 2.22. The maximum Gasteiger partial charge on any atom is 0.271 e. The summed E-state index contributed by atoms with van der Waals surface area (Å²) in [6, 6.07) is 8.88. The van der Waals surface area contributed by atoms with E-state index in [-0.39, 0.29) is 5.69 Å². The Balaban J connectivity index is 2.30. The monoisotopic (exact) mass is 301 g/mol. The van der Waals surface area contributed by atoms with Crippen LogP contribution in [0.25, 0.3) is 11.3 Å². The van der Waals surface area contributed by atoms with Crippen LogP contribution in [0.4, 0.5) is 0 Å². The first-order chi connectivity index (χ1) is 10.4. The van der Waals surface area contributed by atoms with Crippen molar-refractivity contribution in [3.8, 4) is 11.3 Å². The molecule has 6 nitrogen and oxygen atoms in total. The minimum atomic E-state index is -0.583. The first kappa shape index (κ1) is 16.2. The van der Waals surface area contributed by atoms with Crippen molar-refractivity contribution in [2.24, 2.45) is 5.73 Å². The van der Waals surface area contributed by atoms with Gasteiger partial charge in [-0.25, -0.2) is 0 Å². The van der Waals surface area contributed by atoms with E-state index in [0.29, 0.717) is 17.8 Å². The van der Waals surface area contributed by atoms with Gasteiger partial charge in [-0.3, -0.25) is 9.69 Å². The number of amides is 1. The normalized spacial score (nSPS) is 11.6. The number of nitrogens with two attached hydrogens (primary N) is 1. The van der Waals surface area contributed by atoms with Gasteiger partial charge in [-0.2, -0.15) is 15.4 Å². The van der Waals surface area contributed by atoms with E-state index in [1.807, 2.05) is 18.2 Å². The number of carbonyl (C=O) groups excluding carboxylic acids is 1. The quantitative estimate of drug-likeness (QED) is 0.856. The molecule has 1 heterocycles. The summed E-state index contributed by atoms with van der Waals surface area (Å²) in [6.45, 7) is 9.59. The molecule has 1 aromatic carbocycles. The van der Waals surface area contributed by atoms with Gasteiger partial charge in [0, 0.05) is 24.2 Å². The predicted octanol–water partition coefficient (Wildman–Crippen LogP) is 2.19. The molecule has 6 heteroatoms. The van der Waals surface area contributed by atoms with Gasteiger partial charge in [0.15, 0.2) is 5.69 Å². The zero-order chi connectivity index (χ0) is 16.3. The molecule has 0 aliphatic carbocycles. The van der Waals surface area contributed by atoms with Gasteiger partial charge in [0.1, 0.15) is 5.69 Å². The number of hydrogen-bond acceptors (Lipinski definition) is 4. The van der Waals surface area contributed by atoms with E-state index < -0.39 is 5.91 Å². The van der Waals surface area contributed by atoms with Gasteiger partial charge in [-0.05, 0) is 39.3 Å². The Bertz CT molecular complexity index is 639. The van der Waals surface area contributed by atoms with E-state index in [1.165, 1.54) is 5.56 Å². The van der Waals surface area contributed by atoms with Crippen molar-refractivity contribution in [1.82, 2.24) is 20.3 Å². The van der Waals surface area contributed by atoms with Crippen LogP contribution in [-0.4, -0.2) is 38.3 Å². The van der Waals surface area contributed by atoms with E-state index in [9.17, 15) is 4.79 Å². The molecule has 3 N–H and O–H groups in total. The molecule has 0 radical (unpaired) electrons. The van der Waals surface area contributed by atoms with Crippen molar-refractivity contribution < 1.29 is 4.79 Å². The second-order valence-corrected chi connectivity index (χ2v) is 5.95. The van der Waals surface area contributed by atoms with Gasteiger partial charge in [0.25, 0.3) is 5.91 Å². The lowest BCUT2D eigenvalue weighted by atomic mass is 10.0. The fraction of sp³-hybridized carbons (Fsp3) is 0.438. The third kappa shape index (κ3) is 3.51. The molecule has 0 saturated carbocycles. The molecule has 0 aliphatic heterocycles. The van der Waals surface area contributed by atoms with Gasteiger partial charge < -0.3 is 5.73 Å². The first-order valence-corrected chi connectivity index (χ1v) is 7.45. The third-order valence-corrected chi connectivity index (χ3v) is 3.67.